The van der Waals surface area contributed by atoms with Gasteiger partial charge in [-0.2, -0.15) is 5.10 Å². The van der Waals surface area contributed by atoms with E-state index in [2.05, 4.69) is 26.5 Å². The molecule has 0 atom stereocenters. The van der Waals surface area contributed by atoms with E-state index in [1.165, 1.54) is 18.4 Å². The average Bonchev–Trinajstić information content (AvgIpc) is 3.47. The summed E-state index contributed by atoms with van der Waals surface area (Å²) in [5.41, 5.74) is 1.33. The van der Waals surface area contributed by atoms with Gasteiger partial charge in [0.25, 0.3) is 0 Å². The molecule has 6 nitrogen and oxygen atoms in total. The fourth-order valence-corrected chi connectivity index (χ4v) is 3.75. The Balaban J connectivity index is 1.31. The van der Waals surface area contributed by atoms with E-state index in [0.29, 0.717) is 5.92 Å². The van der Waals surface area contributed by atoms with Crippen molar-refractivity contribution in [2.45, 2.75) is 32.0 Å². The van der Waals surface area contributed by atoms with Gasteiger partial charge in [0.05, 0.1) is 13.8 Å². The summed E-state index contributed by atoms with van der Waals surface area (Å²) in [6.07, 6.45) is 2.51. The number of methoxy groups -OCH3 is 1. The fourth-order valence-electron chi connectivity index (χ4n) is 3.56. The summed E-state index contributed by atoms with van der Waals surface area (Å²) in [6.45, 7) is 6.03. The molecule has 1 saturated heterocycles. The van der Waals surface area contributed by atoms with Crippen molar-refractivity contribution in [2.24, 2.45) is 7.05 Å². The van der Waals surface area contributed by atoms with Crippen molar-refractivity contribution in [1.29, 1.82) is 0 Å². The first-order valence-corrected chi connectivity index (χ1v) is 9.76. The lowest BCUT2D eigenvalue weighted by Crippen LogP contribution is -2.46. The summed E-state index contributed by atoms with van der Waals surface area (Å²) in [6, 6.07) is 8.37. The summed E-state index contributed by atoms with van der Waals surface area (Å²) in [4.78, 5) is 4.95. The molecule has 7 heteroatoms. The zero-order valence-electron chi connectivity index (χ0n) is 15.6. The van der Waals surface area contributed by atoms with E-state index in [1.54, 1.807) is 7.11 Å². The monoisotopic (exact) mass is 373 g/mol. The van der Waals surface area contributed by atoms with E-state index in [1.807, 2.05) is 23.9 Å². The van der Waals surface area contributed by atoms with Gasteiger partial charge in [0.15, 0.2) is 4.77 Å². The summed E-state index contributed by atoms with van der Waals surface area (Å²) in [5.74, 6) is 2.70. The standard InChI is InChI=1S/C19H27N5OS/c1-21-18(16-5-6-16)20-24(19(21)26)14-23-11-9-22(10-12-23)13-15-3-7-17(25-2)8-4-15/h3-4,7-8,16H,5-6,9-14H2,1-2H3. The Bertz CT molecular complexity index is 800. The van der Waals surface area contributed by atoms with Crippen molar-refractivity contribution in [3.8, 4) is 5.75 Å². The third kappa shape index (κ3) is 3.84. The van der Waals surface area contributed by atoms with Gasteiger partial charge >= 0.3 is 0 Å². The predicted octanol–water partition coefficient (Wildman–Crippen LogP) is 2.61. The zero-order valence-corrected chi connectivity index (χ0v) is 16.4. The summed E-state index contributed by atoms with van der Waals surface area (Å²) in [5, 5.41) is 4.78. The lowest BCUT2D eigenvalue weighted by Gasteiger charge is -2.34. The number of aromatic nitrogens is 3. The lowest BCUT2D eigenvalue weighted by molar-refractivity contribution is 0.0979. The van der Waals surface area contributed by atoms with Crippen molar-refractivity contribution >= 4 is 12.2 Å². The smallest absolute Gasteiger partial charge is 0.198 e. The van der Waals surface area contributed by atoms with Crippen LogP contribution < -0.4 is 4.74 Å². The Morgan fingerprint density at radius 3 is 2.35 bits per heavy atom. The molecule has 0 N–H and O–H groups in total. The topological polar surface area (TPSA) is 38.5 Å². The maximum absolute atomic E-state index is 5.58. The third-order valence-electron chi connectivity index (χ3n) is 5.38. The molecule has 140 valence electrons. The molecule has 0 spiro atoms. The van der Waals surface area contributed by atoms with E-state index in [-0.39, 0.29) is 0 Å². The molecule has 1 aliphatic carbocycles. The van der Waals surface area contributed by atoms with Crippen LogP contribution >= 0.6 is 12.2 Å². The van der Waals surface area contributed by atoms with Gasteiger partial charge < -0.3 is 9.30 Å². The molecule has 2 aromatic rings. The van der Waals surface area contributed by atoms with Gasteiger partial charge in [-0.15, -0.1) is 0 Å². The van der Waals surface area contributed by atoms with Crippen LogP contribution in [0, 0.1) is 4.77 Å². The molecule has 2 aliphatic rings. The molecule has 1 aromatic carbocycles. The first-order valence-electron chi connectivity index (χ1n) is 9.35. The molecule has 4 rings (SSSR count). The highest BCUT2D eigenvalue weighted by atomic mass is 32.1. The van der Waals surface area contributed by atoms with E-state index < -0.39 is 0 Å². The van der Waals surface area contributed by atoms with E-state index in [4.69, 9.17) is 22.1 Å². The summed E-state index contributed by atoms with van der Waals surface area (Å²) < 4.78 is 10.2. The van der Waals surface area contributed by atoms with Crippen LogP contribution in [-0.2, 0) is 20.3 Å². The minimum absolute atomic E-state index is 0.629. The molecule has 1 saturated carbocycles. The molecular formula is C19H27N5OS. The molecule has 0 amide bonds. The zero-order chi connectivity index (χ0) is 18.1. The van der Waals surface area contributed by atoms with Gasteiger partial charge in [-0.3, -0.25) is 9.80 Å². The van der Waals surface area contributed by atoms with Crippen LogP contribution in [0.2, 0.25) is 0 Å². The van der Waals surface area contributed by atoms with Crippen molar-refractivity contribution in [3.05, 3.63) is 40.4 Å². The van der Waals surface area contributed by atoms with E-state index in [9.17, 15) is 0 Å². The summed E-state index contributed by atoms with van der Waals surface area (Å²) >= 11 is 5.58. The molecule has 1 aromatic heterocycles. The van der Waals surface area contributed by atoms with Crippen molar-refractivity contribution < 1.29 is 4.74 Å². The number of benzene rings is 1. The first kappa shape index (κ1) is 17.7. The number of nitrogens with zero attached hydrogens (tertiary/aromatic N) is 5. The maximum Gasteiger partial charge on any atom is 0.198 e. The van der Waals surface area contributed by atoms with Gasteiger partial charge in [-0.05, 0) is 42.8 Å². The Kier molecular flexibility index (Phi) is 5.11. The number of hydrogen-bond donors (Lipinski definition) is 0. The largest absolute Gasteiger partial charge is 0.497 e. The van der Waals surface area contributed by atoms with Crippen LogP contribution in [0.4, 0.5) is 0 Å². The summed E-state index contributed by atoms with van der Waals surface area (Å²) in [7, 11) is 3.75. The minimum Gasteiger partial charge on any atom is -0.497 e. The molecule has 0 bridgehead atoms. The van der Waals surface area contributed by atoms with E-state index >= 15 is 0 Å². The molecule has 0 unspecified atom stereocenters. The highest BCUT2D eigenvalue weighted by molar-refractivity contribution is 7.71. The molecular weight excluding hydrogens is 346 g/mol. The van der Waals surface area contributed by atoms with Gasteiger partial charge in [-0.1, -0.05) is 12.1 Å². The highest BCUT2D eigenvalue weighted by Gasteiger charge is 2.29. The third-order valence-corrected chi connectivity index (χ3v) is 5.87. The number of hydrogen-bond acceptors (Lipinski definition) is 5. The predicted molar refractivity (Wildman–Crippen MR) is 104 cm³/mol. The van der Waals surface area contributed by atoms with Crippen LogP contribution in [0.5, 0.6) is 5.75 Å². The highest BCUT2D eigenvalue weighted by Crippen LogP contribution is 2.38. The number of rotatable bonds is 6. The molecule has 1 aliphatic heterocycles. The Hall–Kier alpha value is -1.70. The second kappa shape index (κ2) is 7.50. The molecule has 0 radical (unpaired) electrons. The van der Waals surface area contributed by atoms with E-state index in [0.717, 1.165) is 55.7 Å². The average molecular weight is 374 g/mol. The quantitative estimate of drug-likeness (QED) is 0.728. The van der Waals surface area contributed by atoms with Crippen LogP contribution in [0.3, 0.4) is 0 Å². The molecule has 26 heavy (non-hydrogen) atoms. The molecule has 2 heterocycles. The second-order valence-electron chi connectivity index (χ2n) is 7.36. The van der Waals surface area contributed by atoms with Gasteiger partial charge in [-0.25, -0.2) is 4.68 Å². The normalized spacial score (nSPS) is 19.0. The molecule has 2 fully saturated rings. The minimum atomic E-state index is 0.629. The van der Waals surface area contributed by atoms with Gasteiger partial charge in [0.2, 0.25) is 0 Å². The number of ether oxygens (including phenoxy) is 1. The first-order chi connectivity index (χ1) is 12.6. The van der Waals surface area contributed by atoms with Crippen LogP contribution in [0.1, 0.15) is 30.1 Å². The Labute approximate surface area is 160 Å². The lowest BCUT2D eigenvalue weighted by atomic mass is 10.2. The van der Waals surface area contributed by atoms with Crippen LogP contribution in [0.15, 0.2) is 24.3 Å². The fraction of sp³-hybridized carbons (Fsp3) is 0.579. The van der Waals surface area contributed by atoms with Crippen molar-refractivity contribution in [3.63, 3.8) is 0 Å². The van der Waals surface area contributed by atoms with Crippen LogP contribution in [-0.4, -0.2) is 57.4 Å². The SMILES string of the molecule is COc1ccc(CN2CCN(Cn3nc(C4CC4)n(C)c3=S)CC2)cc1. The van der Waals surface area contributed by atoms with Gasteiger partial charge in [0.1, 0.15) is 11.6 Å². The Morgan fingerprint density at radius 2 is 1.73 bits per heavy atom. The van der Waals surface area contributed by atoms with Crippen molar-refractivity contribution in [1.82, 2.24) is 24.1 Å². The van der Waals surface area contributed by atoms with Crippen molar-refractivity contribution in [2.75, 3.05) is 33.3 Å². The Morgan fingerprint density at radius 1 is 1.08 bits per heavy atom. The second-order valence-corrected chi connectivity index (χ2v) is 7.72. The van der Waals surface area contributed by atoms with Crippen LogP contribution in [0.25, 0.3) is 0 Å². The number of piperazine rings is 1. The van der Waals surface area contributed by atoms with Gasteiger partial charge in [0, 0.05) is 45.7 Å². The maximum atomic E-state index is 5.58.